The highest BCUT2D eigenvalue weighted by atomic mass is 16.5. The van der Waals surface area contributed by atoms with Gasteiger partial charge in [0.15, 0.2) is 0 Å². The molecular weight excluding hydrogens is 440 g/mol. The quantitative estimate of drug-likeness (QED) is 0.638. The van der Waals surface area contributed by atoms with Gasteiger partial charge in [-0.05, 0) is 99.2 Å². The Hall–Kier alpha value is -0.980. The first-order valence-electron chi connectivity index (χ1n) is 14.3. The highest BCUT2D eigenvalue weighted by Crippen LogP contribution is 2.68. The van der Waals surface area contributed by atoms with Crippen molar-refractivity contribution in [3.05, 3.63) is 0 Å². The van der Waals surface area contributed by atoms with E-state index < -0.39 is 5.60 Å². The number of hydrogen-bond acceptors (Lipinski definition) is 5. The third-order valence-electron chi connectivity index (χ3n) is 11.7. The summed E-state index contributed by atoms with van der Waals surface area (Å²) in [6.45, 7) is 10.6. The highest BCUT2D eigenvalue weighted by Gasteiger charge is 2.63. The van der Waals surface area contributed by atoms with Gasteiger partial charge in [0.2, 0.25) is 5.91 Å². The maximum Gasteiger partial charge on any atom is 0.219 e. The van der Waals surface area contributed by atoms with E-state index in [-0.39, 0.29) is 22.7 Å². The van der Waals surface area contributed by atoms with E-state index >= 15 is 0 Å². The number of Topliss-reactive ketones (excluding diaryl/α,β-unsaturated/α-hetero) is 1. The van der Waals surface area contributed by atoms with Crippen molar-refractivity contribution in [1.29, 1.82) is 0 Å². The average Bonchev–Trinajstić information content (AvgIpc) is 3.17. The molecule has 5 rings (SSSR count). The van der Waals surface area contributed by atoms with E-state index in [1.54, 1.807) is 6.92 Å². The maximum absolute atomic E-state index is 13.6. The molecule has 0 aromatic heterocycles. The molecule has 4 saturated carbocycles. The zero-order chi connectivity index (χ0) is 25.0. The molecule has 5 fully saturated rings. The van der Waals surface area contributed by atoms with Crippen LogP contribution in [-0.2, 0) is 14.3 Å². The number of piperazine rings is 1. The van der Waals surface area contributed by atoms with Crippen LogP contribution in [0.3, 0.4) is 0 Å². The second-order valence-electron chi connectivity index (χ2n) is 13.4. The molecule has 1 amide bonds. The topological polar surface area (TPSA) is 70.1 Å². The van der Waals surface area contributed by atoms with E-state index in [4.69, 9.17) is 4.74 Å². The Balaban J connectivity index is 1.28. The molecule has 0 spiro atoms. The molecule has 6 nitrogen and oxygen atoms in total. The standard InChI is InChI=1S/C29H48N2O4/c1-20(32)31-15-13-30(14-16-31)18-26(33)25-8-7-23-22-6-5-21-17-27(2,34)11-12-29(21,19-35-4)24(22)9-10-28(23,25)3/h21-25,34H,5-19H2,1-4H3/t21-,22-,23-,24-,25?,27+,28-,29+/m0/s1. The summed E-state index contributed by atoms with van der Waals surface area (Å²) in [6, 6.07) is 0. The van der Waals surface area contributed by atoms with Crippen LogP contribution in [0.1, 0.15) is 78.6 Å². The number of rotatable bonds is 5. The summed E-state index contributed by atoms with van der Waals surface area (Å²) in [5.41, 5.74) is -0.195. The van der Waals surface area contributed by atoms with E-state index in [9.17, 15) is 14.7 Å². The molecule has 1 unspecified atom stereocenters. The number of carbonyl (C=O) groups excluding carboxylic acids is 2. The molecule has 4 aliphatic carbocycles. The minimum Gasteiger partial charge on any atom is -0.390 e. The van der Waals surface area contributed by atoms with Crippen LogP contribution in [-0.4, -0.2) is 78.6 Å². The van der Waals surface area contributed by atoms with Crippen LogP contribution in [0.25, 0.3) is 0 Å². The van der Waals surface area contributed by atoms with Crippen molar-refractivity contribution in [2.75, 3.05) is 46.4 Å². The van der Waals surface area contributed by atoms with Gasteiger partial charge in [0.05, 0.1) is 18.8 Å². The number of ketones is 1. The summed E-state index contributed by atoms with van der Waals surface area (Å²) in [4.78, 5) is 29.5. The van der Waals surface area contributed by atoms with Crippen LogP contribution < -0.4 is 0 Å². The number of amides is 1. The number of methoxy groups -OCH3 is 1. The average molecular weight is 489 g/mol. The van der Waals surface area contributed by atoms with Crippen molar-refractivity contribution in [3.8, 4) is 0 Å². The van der Waals surface area contributed by atoms with Gasteiger partial charge in [-0.1, -0.05) is 6.92 Å². The first-order valence-corrected chi connectivity index (χ1v) is 14.3. The van der Waals surface area contributed by atoms with Gasteiger partial charge >= 0.3 is 0 Å². The van der Waals surface area contributed by atoms with Crippen LogP contribution in [0, 0.1) is 40.4 Å². The van der Waals surface area contributed by atoms with Crippen LogP contribution in [0.5, 0.6) is 0 Å². The van der Waals surface area contributed by atoms with E-state index in [1.165, 1.54) is 25.7 Å². The smallest absolute Gasteiger partial charge is 0.219 e. The Bertz CT molecular complexity index is 821. The summed E-state index contributed by atoms with van der Waals surface area (Å²) in [5.74, 6) is 3.33. The SMILES string of the molecule is COC[C@]12CC[C@@](C)(O)C[C@@H]1CC[C@@H]1[C@@H]2CC[C@]2(C)C(C(=O)CN3CCN(C(C)=O)CC3)CC[C@@H]12. The minimum absolute atomic E-state index is 0.126. The number of ether oxygens (including phenoxy) is 1. The van der Waals surface area contributed by atoms with E-state index in [2.05, 4.69) is 11.8 Å². The summed E-state index contributed by atoms with van der Waals surface area (Å²) < 4.78 is 5.90. The molecule has 1 saturated heterocycles. The Morgan fingerprint density at radius 2 is 1.69 bits per heavy atom. The lowest BCUT2D eigenvalue weighted by Crippen LogP contribution is -2.58. The van der Waals surface area contributed by atoms with Crippen molar-refractivity contribution in [2.45, 2.75) is 84.2 Å². The largest absolute Gasteiger partial charge is 0.390 e. The highest BCUT2D eigenvalue weighted by molar-refractivity contribution is 5.84. The summed E-state index contributed by atoms with van der Waals surface area (Å²) in [6.07, 6.45) is 9.94. The normalized spacial score (nSPS) is 46.0. The number of fused-ring (bicyclic) bond motifs is 5. The van der Waals surface area contributed by atoms with Gasteiger partial charge in [0.25, 0.3) is 0 Å². The zero-order valence-corrected chi connectivity index (χ0v) is 22.6. The molecule has 0 bridgehead atoms. The predicted molar refractivity (Wildman–Crippen MR) is 136 cm³/mol. The minimum atomic E-state index is -0.529. The van der Waals surface area contributed by atoms with Crippen LogP contribution in [0.15, 0.2) is 0 Å². The number of carbonyl (C=O) groups is 2. The zero-order valence-electron chi connectivity index (χ0n) is 22.6. The molecule has 0 aromatic carbocycles. The van der Waals surface area contributed by atoms with Crippen LogP contribution in [0.4, 0.5) is 0 Å². The Morgan fingerprint density at radius 1 is 0.943 bits per heavy atom. The molecule has 1 aliphatic heterocycles. The fourth-order valence-corrected chi connectivity index (χ4v) is 9.86. The second-order valence-corrected chi connectivity index (χ2v) is 13.4. The number of aliphatic hydroxyl groups is 1. The second kappa shape index (κ2) is 9.40. The summed E-state index contributed by atoms with van der Waals surface area (Å²) in [7, 11) is 1.86. The lowest BCUT2D eigenvalue weighted by Gasteiger charge is -2.62. The third kappa shape index (κ3) is 4.40. The number of nitrogens with zero attached hydrogens (tertiary/aromatic N) is 2. The van der Waals surface area contributed by atoms with Crippen molar-refractivity contribution in [1.82, 2.24) is 9.80 Å². The van der Waals surface area contributed by atoms with Gasteiger partial charge in [-0.25, -0.2) is 0 Å². The van der Waals surface area contributed by atoms with Crippen molar-refractivity contribution >= 4 is 11.7 Å². The lowest BCUT2D eigenvalue weighted by molar-refractivity contribution is -0.175. The predicted octanol–water partition coefficient (Wildman–Crippen LogP) is 3.76. The molecular formula is C29H48N2O4. The first kappa shape index (κ1) is 25.7. The molecule has 6 heteroatoms. The lowest BCUT2D eigenvalue weighted by atomic mass is 9.43. The van der Waals surface area contributed by atoms with Crippen molar-refractivity contribution in [2.24, 2.45) is 40.4 Å². The van der Waals surface area contributed by atoms with Gasteiger partial charge < -0.3 is 14.7 Å². The molecule has 0 radical (unpaired) electrons. The summed E-state index contributed by atoms with van der Waals surface area (Å²) in [5, 5.41) is 10.9. The Kier molecular flexibility index (Phi) is 6.89. The van der Waals surface area contributed by atoms with E-state index in [0.717, 1.165) is 64.9 Å². The Labute approximate surface area is 212 Å². The van der Waals surface area contributed by atoms with Crippen LogP contribution >= 0.6 is 0 Å². The van der Waals surface area contributed by atoms with E-state index in [1.807, 2.05) is 18.9 Å². The maximum atomic E-state index is 13.6. The fourth-order valence-electron chi connectivity index (χ4n) is 9.86. The van der Waals surface area contributed by atoms with Gasteiger partial charge in [-0.3, -0.25) is 14.5 Å². The third-order valence-corrected chi connectivity index (χ3v) is 11.7. The monoisotopic (exact) mass is 488 g/mol. The van der Waals surface area contributed by atoms with Gasteiger partial charge in [0.1, 0.15) is 5.78 Å². The van der Waals surface area contributed by atoms with Gasteiger partial charge in [-0.15, -0.1) is 0 Å². The van der Waals surface area contributed by atoms with Gasteiger partial charge in [-0.2, -0.15) is 0 Å². The molecule has 8 atom stereocenters. The van der Waals surface area contributed by atoms with Crippen LogP contribution in [0.2, 0.25) is 0 Å². The fraction of sp³-hybridized carbons (Fsp3) is 0.931. The van der Waals surface area contributed by atoms with Crippen molar-refractivity contribution < 1.29 is 19.4 Å². The summed E-state index contributed by atoms with van der Waals surface area (Å²) >= 11 is 0. The van der Waals surface area contributed by atoms with E-state index in [0.29, 0.717) is 36.0 Å². The Morgan fingerprint density at radius 3 is 2.37 bits per heavy atom. The molecule has 0 aromatic rings. The molecule has 1 heterocycles. The molecule has 1 N–H and O–H groups in total. The van der Waals surface area contributed by atoms with Gasteiger partial charge in [0, 0.05) is 46.1 Å². The molecule has 35 heavy (non-hydrogen) atoms. The number of hydrogen-bond donors (Lipinski definition) is 1. The van der Waals surface area contributed by atoms with Crippen molar-refractivity contribution in [3.63, 3.8) is 0 Å². The first-order chi connectivity index (χ1) is 16.6. The molecule has 198 valence electrons. The molecule has 5 aliphatic rings.